The number of carbonyl (C=O) groups is 1. The second kappa shape index (κ2) is 9.74. The fourth-order valence-electron chi connectivity index (χ4n) is 3.45. The molecule has 2 amide bonds. The topological polar surface area (TPSA) is 64.6 Å². The molecule has 0 unspecified atom stereocenters. The van der Waals surface area contributed by atoms with E-state index in [0.717, 1.165) is 49.3 Å². The zero-order valence-corrected chi connectivity index (χ0v) is 16.1. The number of halogens is 1. The summed E-state index contributed by atoms with van der Waals surface area (Å²) >= 11 is 6.06. The number of hydrogen-bond acceptors (Lipinski definition) is 3. The maximum Gasteiger partial charge on any atom is 0.319 e. The van der Waals surface area contributed by atoms with Crippen LogP contribution in [-0.2, 0) is 0 Å². The number of carbonyl (C=O) groups excluding carboxylic acids is 1. The second-order valence-electron chi connectivity index (χ2n) is 6.96. The Labute approximate surface area is 165 Å². The van der Waals surface area contributed by atoms with Gasteiger partial charge >= 0.3 is 6.03 Å². The Balaban J connectivity index is 1.49. The molecule has 3 rings (SSSR count). The van der Waals surface area contributed by atoms with Gasteiger partial charge in [0.2, 0.25) is 0 Å². The van der Waals surface area contributed by atoms with Gasteiger partial charge in [-0.15, -0.1) is 0 Å². The predicted octanol–water partition coefficient (Wildman–Crippen LogP) is 3.83. The van der Waals surface area contributed by atoms with Crippen molar-refractivity contribution in [3.63, 3.8) is 0 Å². The van der Waals surface area contributed by atoms with Crippen LogP contribution in [-0.4, -0.2) is 48.8 Å². The lowest BCUT2D eigenvalue weighted by molar-refractivity contribution is 0.121. The number of likely N-dealkylation sites (tertiary alicyclic amines) is 1. The summed E-state index contributed by atoms with van der Waals surface area (Å²) in [7, 11) is 0. The van der Waals surface area contributed by atoms with Crippen LogP contribution in [0.15, 0.2) is 48.5 Å². The van der Waals surface area contributed by atoms with E-state index in [4.69, 9.17) is 11.6 Å². The lowest BCUT2D eigenvalue weighted by atomic mass is 9.99. The molecule has 1 heterocycles. The molecule has 1 atom stereocenters. The highest BCUT2D eigenvalue weighted by molar-refractivity contribution is 6.30. The van der Waals surface area contributed by atoms with Gasteiger partial charge in [-0.25, -0.2) is 4.79 Å². The van der Waals surface area contributed by atoms with E-state index in [9.17, 15) is 9.90 Å². The third kappa shape index (κ3) is 5.96. The number of urea groups is 1. The average molecular weight is 388 g/mol. The molecular weight excluding hydrogens is 362 g/mol. The van der Waals surface area contributed by atoms with Gasteiger partial charge in [-0.3, -0.25) is 0 Å². The number of anilines is 1. The normalized spacial score (nSPS) is 17.5. The monoisotopic (exact) mass is 387 g/mol. The summed E-state index contributed by atoms with van der Waals surface area (Å²) < 4.78 is 0. The summed E-state index contributed by atoms with van der Waals surface area (Å²) in [6.45, 7) is 3.56. The molecule has 144 valence electrons. The van der Waals surface area contributed by atoms with Crippen LogP contribution in [0.4, 0.5) is 10.5 Å². The summed E-state index contributed by atoms with van der Waals surface area (Å²) in [5, 5.41) is 15.8. The van der Waals surface area contributed by atoms with E-state index in [2.05, 4.69) is 15.5 Å². The summed E-state index contributed by atoms with van der Waals surface area (Å²) in [6.07, 6.45) is 2.19. The Morgan fingerprint density at radius 2 is 1.96 bits per heavy atom. The first-order valence-electron chi connectivity index (χ1n) is 9.38. The van der Waals surface area contributed by atoms with Gasteiger partial charge in [0.25, 0.3) is 0 Å². The highest BCUT2D eigenvalue weighted by atomic mass is 35.5. The van der Waals surface area contributed by atoms with Crippen LogP contribution in [0.3, 0.4) is 0 Å². The summed E-state index contributed by atoms with van der Waals surface area (Å²) in [5.41, 5.74) is 2.75. The van der Waals surface area contributed by atoms with Gasteiger partial charge in [0.15, 0.2) is 0 Å². The number of nitrogens with zero attached hydrogens (tertiary/aromatic N) is 1. The summed E-state index contributed by atoms with van der Waals surface area (Å²) in [4.78, 5) is 14.5. The van der Waals surface area contributed by atoms with Gasteiger partial charge < -0.3 is 20.6 Å². The van der Waals surface area contributed by atoms with Crippen LogP contribution in [0.5, 0.6) is 0 Å². The van der Waals surface area contributed by atoms with Crippen molar-refractivity contribution >= 4 is 23.3 Å². The molecule has 0 radical (unpaired) electrons. The van der Waals surface area contributed by atoms with Crippen molar-refractivity contribution in [1.29, 1.82) is 0 Å². The van der Waals surface area contributed by atoms with Crippen LogP contribution in [0.1, 0.15) is 12.8 Å². The van der Waals surface area contributed by atoms with Crippen molar-refractivity contribution in [2.24, 2.45) is 5.92 Å². The molecule has 1 saturated heterocycles. The van der Waals surface area contributed by atoms with Crippen molar-refractivity contribution in [2.45, 2.75) is 12.8 Å². The van der Waals surface area contributed by atoms with E-state index in [-0.39, 0.29) is 12.6 Å². The van der Waals surface area contributed by atoms with E-state index >= 15 is 0 Å². The first-order chi connectivity index (χ1) is 13.1. The Morgan fingerprint density at radius 3 is 2.74 bits per heavy atom. The summed E-state index contributed by atoms with van der Waals surface area (Å²) in [6, 6.07) is 15.1. The third-order valence-corrected chi connectivity index (χ3v) is 5.09. The number of aliphatic hydroxyl groups excluding tert-OH is 1. The maximum absolute atomic E-state index is 12.2. The van der Waals surface area contributed by atoms with Crippen molar-refractivity contribution in [3.05, 3.63) is 53.6 Å². The number of aliphatic hydroxyl groups is 1. The minimum atomic E-state index is -0.214. The van der Waals surface area contributed by atoms with E-state index in [1.807, 2.05) is 48.5 Å². The quantitative estimate of drug-likeness (QED) is 0.705. The molecule has 2 aromatic carbocycles. The molecule has 0 aliphatic carbocycles. The minimum Gasteiger partial charge on any atom is -0.396 e. The van der Waals surface area contributed by atoms with E-state index in [1.54, 1.807) is 0 Å². The number of benzene rings is 2. The average Bonchev–Trinajstić information content (AvgIpc) is 2.68. The number of rotatable bonds is 6. The first-order valence-corrected chi connectivity index (χ1v) is 9.76. The van der Waals surface area contributed by atoms with Gasteiger partial charge in [0.1, 0.15) is 0 Å². The highest BCUT2D eigenvalue weighted by Crippen LogP contribution is 2.25. The molecule has 6 heteroatoms. The predicted molar refractivity (Wildman–Crippen MR) is 110 cm³/mol. The van der Waals surface area contributed by atoms with Crippen LogP contribution in [0.2, 0.25) is 5.02 Å². The SMILES string of the molecule is O=C(NCCN1CCC[C@H](CO)C1)Nc1cccc(-c2cccc(Cl)c2)c1. The van der Waals surface area contributed by atoms with Gasteiger partial charge in [-0.05, 0) is 60.7 Å². The lowest BCUT2D eigenvalue weighted by Gasteiger charge is -2.31. The summed E-state index contributed by atoms with van der Waals surface area (Å²) in [5.74, 6) is 0.363. The number of amides is 2. The Bertz CT molecular complexity index is 769. The lowest BCUT2D eigenvalue weighted by Crippen LogP contribution is -2.42. The molecule has 0 bridgehead atoms. The van der Waals surface area contributed by atoms with Crippen molar-refractivity contribution < 1.29 is 9.90 Å². The molecule has 1 aliphatic rings. The maximum atomic E-state index is 12.2. The minimum absolute atomic E-state index is 0.214. The molecule has 2 aromatic rings. The Hall–Kier alpha value is -2.08. The highest BCUT2D eigenvalue weighted by Gasteiger charge is 2.18. The number of hydrogen-bond donors (Lipinski definition) is 3. The zero-order valence-electron chi connectivity index (χ0n) is 15.3. The van der Waals surface area contributed by atoms with Crippen LogP contribution in [0, 0.1) is 5.92 Å². The van der Waals surface area contributed by atoms with E-state index < -0.39 is 0 Å². The largest absolute Gasteiger partial charge is 0.396 e. The van der Waals surface area contributed by atoms with Crippen LogP contribution in [0.25, 0.3) is 11.1 Å². The molecular formula is C21H26ClN3O2. The van der Waals surface area contributed by atoms with Crippen molar-refractivity contribution in [2.75, 3.05) is 38.1 Å². The molecule has 0 saturated carbocycles. The van der Waals surface area contributed by atoms with Gasteiger partial charge in [0.05, 0.1) is 0 Å². The van der Waals surface area contributed by atoms with Gasteiger partial charge in [-0.1, -0.05) is 35.9 Å². The van der Waals surface area contributed by atoms with Crippen molar-refractivity contribution in [1.82, 2.24) is 10.2 Å². The molecule has 3 N–H and O–H groups in total. The number of nitrogens with one attached hydrogen (secondary N) is 2. The van der Waals surface area contributed by atoms with Crippen LogP contribution >= 0.6 is 11.6 Å². The Kier molecular flexibility index (Phi) is 7.10. The molecule has 0 aromatic heterocycles. The molecule has 1 aliphatic heterocycles. The first kappa shape index (κ1) is 19.7. The zero-order chi connectivity index (χ0) is 19.1. The standard InChI is InChI=1S/C21H26ClN3O2/c22-19-7-1-5-17(12-19)18-6-2-8-20(13-18)24-21(27)23-9-11-25-10-3-4-16(14-25)15-26/h1-2,5-8,12-13,16,26H,3-4,9-11,14-15H2,(H2,23,24,27)/t16-/m0/s1. The van der Waals surface area contributed by atoms with Gasteiger partial charge in [0, 0.05) is 37.0 Å². The molecule has 5 nitrogen and oxygen atoms in total. The number of piperidine rings is 1. The fraction of sp³-hybridized carbons (Fsp3) is 0.381. The molecule has 0 spiro atoms. The van der Waals surface area contributed by atoms with E-state index in [1.165, 1.54) is 0 Å². The molecule has 27 heavy (non-hydrogen) atoms. The van der Waals surface area contributed by atoms with Gasteiger partial charge in [-0.2, -0.15) is 0 Å². The smallest absolute Gasteiger partial charge is 0.319 e. The fourth-order valence-corrected chi connectivity index (χ4v) is 3.64. The molecule has 1 fully saturated rings. The third-order valence-electron chi connectivity index (χ3n) is 4.85. The van der Waals surface area contributed by atoms with E-state index in [0.29, 0.717) is 17.5 Å². The Morgan fingerprint density at radius 1 is 1.19 bits per heavy atom. The van der Waals surface area contributed by atoms with Crippen molar-refractivity contribution in [3.8, 4) is 11.1 Å². The van der Waals surface area contributed by atoms with Crippen LogP contribution < -0.4 is 10.6 Å². The second-order valence-corrected chi connectivity index (χ2v) is 7.40.